The van der Waals surface area contributed by atoms with Crippen LogP contribution in [0.4, 0.5) is 0 Å². The summed E-state index contributed by atoms with van der Waals surface area (Å²) in [6, 6.07) is 2.37. The zero-order chi connectivity index (χ0) is 11.1. The van der Waals surface area contributed by atoms with Crippen LogP contribution in [0.25, 0.3) is 0 Å². The normalized spacial score (nSPS) is 12.5. The van der Waals surface area contributed by atoms with Gasteiger partial charge in [0.2, 0.25) is 0 Å². The molecule has 0 aliphatic heterocycles. The van der Waals surface area contributed by atoms with E-state index in [1.807, 2.05) is 12.3 Å². The number of pyridine rings is 1. The third-order valence-electron chi connectivity index (χ3n) is 2.35. The fourth-order valence-electron chi connectivity index (χ4n) is 1.56. The van der Waals surface area contributed by atoms with Gasteiger partial charge in [0, 0.05) is 24.0 Å². The maximum absolute atomic E-state index is 5.28. The molecule has 0 saturated heterocycles. The van der Waals surface area contributed by atoms with E-state index in [1.165, 1.54) is 0 Å². The Morgan fingerprint density at radius 1 is 1.53 bits per heavy atom. The van der Waals surface area contributed by atoms with Crippen molar-refractivity contribution in [1.82, 2.24) is 10.3 Å². The summed E-state index contributed by atoms with van der Waals surface area (Å²) in [7, 11) is 1.70. The van der Waals surface area contributed by atoms with Gasteiger partial charge in [-0.1, -0.05) is 6.92 Å². The van der Waals surface area contributed by atoms with Crippen LogP contribution in [0.2, 0.25) is 0 Å². The summed E-state index contributed by atoms with van der Waals surface area (Å²) < 4.78 is 5.28. The quantitative estimate of drug-likeness (QED) is 0.776. The Morgan fingerprint density at radius 3 is 3.00 bits per heavy atom. The number of nitrogens with zero attached hydrogens (tertiary/aromatic N) is 1. The van der Waals surface area contributed by atoms with E-state index >= 15 is 0 Å². The molecule has 15 heavy (non-hydrogen) atoms. The fraction of sp³-hybridized carbons (Fsp3) is 0.583. The predicted molar refractivity (Wildman–Crippen MR) is 62.2 cm³/mol. The van der Waals surface area contributed by atoms with Crippen LogP contribution < -0.4 is 10.1 Å². The van der Waals surface area contributed by atoms with E-state index in [0.29, 0.717) is 6.04 Å². The van der Waals surface area contributed by atoms with Crippen LogP contribution in [0.1, 0.15) is 25.8 Å². The highest BCUT2D eigenvalue weighted by molar-refractivity contribution is 5.30. The monoisotopic (exact) mass is 208 g/mol. The van der Waals surface area contributed by atoms with Gasteiger partial charge in [0.15, 0.2) is 0 Å². The maximum Gasteiger partial charge on any atom is 0.125 e. The molecule has 1 heterocycles. The van der Waals surface area contributed by atoms with Crippen LogP contribution in [-0.4, -0.2) is 24.7 Å². The highest BCUT2D eigenvalue weighted by Gasteiger charge is 2.07. The van der Waals surface area contributed by atoms with Crippen LogP contribution >= 0.6 is 0 Å². The average Bonchev–Trinajstić information content (AvgIpc) is 2.27. The number of aromatic nitrogens is 1. The molecule has 3 nitrogen and oxygen atoms in total. The molecule has 0 aromatic carbocycles. The minimum absolute atomic E-state index is 0.461. The number of rotatable bonds is 6. The van der Waals surface area contributed by atoms with E-state index in [0.717, 1.165) is 30.7 Å². The molecule has 84 valence electrons. The van der Waals surface area contributed by atoms with Crippen molar-refractivity contribution in [2.24, 2.45) is 0 Å². The van der Waals surface area contributed by atoms with Crippen molar-refractivity contribution >= 4 is 0 Å². The van der Waals surface area contributed by atoms with Gasteiger partial charge < -0.3 is 10.1 Å². The Bertz CT molecular complexity index is 289. The number of hydrogen-bond donors (Lipinski definition) is 1. The summed E-state index contributed by atoms with van der Waals surface area (Å²) in [5.74, 6) is 0.926. The molecule has 3 heteroatoms. The summed E-state index contributed by atoms with van der Waals surface area (Å²) in [6.07, 6.45) is 5.75. The number of hydrogen-bond acceptors (Lipinski definition) is 3. The van der Waals surface area contributed by atoms with Gasteiger partial charge in [-0.25, -0.2) is 0 Å². The van der Waals surface area contributed by atoms with Crippen LogP contribution in [0, 0.1) is 0 Å². The molecule has 1 unspecified atom stereocenters. The summed E-state index contributed by atoms with van der Waals surface area (Å²) in [6.45, 7) is 5.41. The number of ether oxygens (including phenoxy) is 1. The third-order valence-corrected chi connectivity index (χ3v) is 2.35. The highest BCUT2D eigenvalue weighted by atomic mass is 16.5. The van der Waals surface area contributed by atoms with Crippen molar-refractivity contribution < 1.29 is 4.74 Å². The molecule has 1 aromatic rings. The molecule has 0 aliphatic rings. The molecule has 0 amide bonds. The van der Waals surface area contributed by atoms with Gasteiger partial charge in [0.05, 0.1) is 7.11 Å². The Kier molecular flexibility index (Phi) is 5.12. The van der Waals surface area contributed by atoms with Gasteiger partial charge in [-0.2, -0.15) is 0 Å². The Balaban J connectivity index is 2.55. The standard InChI is InChI=1S/C12H20N2O/c1-4-6-14-10(2)8-11-9-13-7-5-12(11)15-3/h5,7,9-10,14H,4,6,8H2,1-3H3. The van der Waals surface area contributed by atoms with E-state index in [4.69, 9.17) is 4.74 Å². The maximum atomic E-state index is 5.28. The first-order chi connectivity index (χ1) is 7.27. The van der Waals surface area contributed by atoms with Gasteiger partial charge in [-0.05, 0) is 32.4 Å². The topological polar surface area (TPSA) is 34.2 Å². The summed E-state index contributed by atoms with van der Waals surface area (Å²) >= 11 is 0. The van der Waals surface area contributed by atoms with Gasteiger partial charge in [0.1, 0.15) is 5.75 Å². The van der Waals surface area contributed by atoms with Crippen molar-refractivity contribution in [3.05, 3.63) is 24.0 Å². The van der Waals surface area contributed by atoms with Crippen molar-refractivity contribution in [2.45, 2.75) is 32.7 Å². The predicted octanol–water partition coefficient (Wildman–Crippen LogP) is 2.02. The molecule has 0 radical (unpaired) electrons. The first-order valence-corrected chi connectivity index (χ1v) is 5.48. The van der Waals surface area contributed by atoms with Gasteiger partial charge in [-0.3, -0.25) is 4.98 Å². The molecule has 0 saturated carbocycles. The lowest BCUT2D eigenvalue weighted by molar-refractivity contribution is 0.405. The van der Waals surface area contributed by atoms with Crippen LogP contribution in [-0.2, 0) is 6.42 Å². The average molecular weight is 208 g/mol. The highest BCUT2D eigenvalue weighted by Crippen LogP contribution is 2.17. The lowest BCUT2D eigenvalue weighted by Crippen LogP contribution is -2.28. The van der Waals surface area contributed by atoms with Crippen molar-refractivity contribution in [3.8, 4) is 5.75 Å². The number of methoxy groups -OCH3 is 1. The molecule has 1 atom stereocenters. The molecule has 0 fully saturated rings. The summed E-state index contributed by atoms with van der Waals surface area (Å²) in [5.41, 5.74) is 1.16. The molecule has 0 aliphatic carbocycles. The zero-order valence-corrected chi connectivity index (χ0v) is 9.79. The minimum atomic E-state index is 0.461. The van der Waals surface area contributed by atoms with Crippen molar-refractivity contribution in [2.75, 3.05) is 13.7 Å². The second-order valence-corrected chi connectivity index (χ2v) is 3.75. The fourth-order valence-corrected chi connectivity index (χ4v) is 1.56. The molecular weight excluding hydrogens is 188 g/mol. The van der Waals surface area contributed by atoms with Crippen molar-refractivity contribution in [3.63, 3.8) is 0 Å². The molecule has 1 N–H and O–H groups in total. The van der Waals surface area contributed by atoms with Crippen molar-refractivity contribution in [1.29, 1.82) is 0 Å². The minimum Gasteiger partial charge on any atom is -0.496 e. The van der Waals surface area contributed by atoms with Crippen LogP contribution in [0.3, 0.4) is 0 Å². The molecule has 0 spiro atoms. The lowest BCUT2D eigenvalue weighted by Gasteiger charge is -2.14. The van der Waals surface area contributed by atoms with Gasteiger partial charge in [-0.15, -0.1) is 0 Å². The number of nitrogens with one attached hydrogen (secondary N) is 1. The summed E-state index contributed by atoms with van der Waals surface area (Å²) in [4.78, 5) is 4.12. The molecule has 0 bridgehead atoms. The van der Waals surface area contributed by atoms with Crippen LogP contribution in [0.5, 0.6) is 5.75 Å². The van der Waals surface area contributed by atoms with E-state index in [-0.39, 0.29) is 0 Å². The Hall–Kier alpha value is -1.09. The largest absolute Gasteiger partial charge is 0.496 e. The zero-order valence-electron chi connectivity index (χ0n) is 9.79. The Labute approximate surface area is 91.9 Å². The second-order valence-electron chi connectivity index (χ2n) is 3.75. The van der Waals surface area contributed by atoms with E-state index in [9.17, 15) is 0 Å². The second kappa shape index (κ2) is 6.40. The molecular formula is C12H20N2O. The van der Waals surface area contributed by atoms with Gasteiger partial charge in [0.25, 0.3) is 0 Å². The first kappa shape index (κ1) is 12.0. The van der Waals surface area contributed by atoms with E-state index < -0.39 is 0 Å². The Morgan fingerprint density at radius 2 is 2.33 bits per heavy atom. The van der Waals surface area contributed by atoms with Crippen LogP contribution in [0.15, 0.2) is 18.5 Å². The SMILES string of the molecule is CCCNC(C)Cc1cnccc1OC. The summed E-state index contributed by atoms with van der Waals surface area (Å²) in [5, 5.41) is 3.45. The van der Waals surface area contributed by atoms with Gasteiger partial charge >= 0.3 is 0 Å². The smallest absolute Gasteiger partial charge is 0.125 e. The lowest BCUT2D eigenvalue weighted by atomic mass is 10.1. The first-order valence-electron chi connectivity index (χ1n) is 5.48. The molecule has 1 rings (SSSR count). The van der Waals surface area contributed by atoms with E-state index in [1.54, 1.807) is 13.3 Å². The van der Waals surface area contributed by atoms with E-state index in [2.05, 4.69) is 24.1 Å². The molecule has 1 aromatic heterocycles. The third kappa shape index (κ3) is 3.88.